The fraction of sp³-hybridized carbons (Fsp3) is 0.382. The van der Waals surface area contributed by atoms with Crippen LogP contribution in [0.5, 0.6) is 11.6 Å². The summed E-state index contributed by atoms with van der Waals surface area (Å²) in [6.07, 6.45) is 6.50. The van der Waals surface area contributed by atoms with Crippen LogP contribution in [0.2, 0.25) is 0 Å². The fourth-order valence-electron chi connectivity index (χ4n) is 6.69. The van der Waals surface area contributed by atoms with Crippen molar-refractivity contribution in [2.75, 3.05) is 19.5 Å². The molecular weight excluding hydrogens is 542 g/mol. The van der Waals surface area contributed by atoms with E-state index in [1.807, 2.05) is 38.1 Å². The van der Waals surface area contributed by atoms with Crippen LogP contribution in [0.3, 0.4) is 0 Å². The van der Waals surface area contributed by atoms with Crippen molar-refractivity contribution in [1.82, 2.24) is 19.5 Å². The molecule has 1 aliphatic heterocycles. The summed E-state index contributed by atoms with van der Waals surface area (Å²) in [6.45, 7) is 4.71. The molecule has 1 N–H and O–H groups in total. The molecule has 7 rings (SSSR count). The number of aromatic nitrogens is 4. The van der Waals surface area contributed by atoms with Crippen molar-refractivity contribution in [3.8, 4) is 11.6 Å². The van der Waals surface area contributed by atoms with Crippen molar-refractivity contribution in [2.45, 2.75) is 63.7 Å². The Bertz CT molecular complexity index is 1750. The van der Waals surface area contributed by atoms with E-state index in [2.05, 4.69) is 62.4 Å². The number of hydrogen-bond donors (Lipinski definition) is 1. The number of hydrogen-bond acceptors (Lipinski definition) is 8. The van der Waals surface area contributed by atoms with Crippen LogP contribution in [-0.2, 0) is 22.4 Å². The molecule has 1 aliphatic carbocycles. The third kappa shape index (κ3) is 5.39. The minimum absolute atomic E-state index is 0.0218. The molecule has 4 atom stereocenters. The first-order chi connectivity index (χ1) is 20.9. The van der Waals surface area contributed by atoms with Crippen molar-refractivity contribution in [3.63, 3.8) is 0 Å². The largest absolute Gasteiger partial charge is 0.497 e. The molecule has 0 radical (unpaired) electrons. The van der Waals surface area contributed by atoms with Crippen LogP contribution < -0.4 is 14.8 Å². The Morgan fingerprint density at radius 1 is 0.930 bits per heavy atom. The summed E-state index contributed by atoms with van der Waals surface area (Å²) < 4.78 is 26.0. The maximum atomic E-state index is 6.50. The predicted octanol–water partition coefficient (Wildman–Crippen LogP) is 6.32. The van der Waals surface area contributed by atoms with Crippen LogP contribution in [0.1, 0.15) is 43.9 Å². The third-order valence-corrected chi connectivity index (χ3v) is 8.77. The number of rotatable bonds is 9. The second-order valence-corrected chi connectivity index (χ2v) is 11.9. The molecule has 222 valence electrons. The van der Waals surface area contributed by atoms with Gasteiger partial charge in [0.15, 0.2) is 5.79 Å². The lowest BCUT2D eigenvalue weighted by molar-refractivity contribution is -0.160. The number of nitrogens with one attached hydrogen (secondary N) is 1. The summed E-state index contributed by atoms with van der Waals surface area (Å²) in [5, 5.41) is 5.49. The lowest BCUT2D eigenvalue weighted by atomic mass is 9.95. The zero-order valence-electron chi connectivity index (χ0n) is 25.0. The number of fused-ring (bicyclic) bond motifs is 3. The highest BCUT2D eigenvalue weighted by Gasteiger charge is 2.54. The van der Waals surface area contributed by atoms with Gasteiger partial charge in [-0.1, -0.05) is 24.3 Å². The lowest BCUT2D eigenvalue weighted by Crippen LogP contribution is -2.27. The van der Waals surface area contributed by atoms with E-state index in [-0.39, 0.29) is 18.2 Å². The molecule has 0 unspecified atom stereocenters. The molecule has 2 fully saturated rings. The molecule has 1 saturated carbocycles. The molecule has 3 aromatic heterocycles. The third-order valence-electron chi connectivity index (χ3n) is 8.77. The van der Waals surface area contributed by atoms with Crippen molar-refractivity contribution >= 4 is 27.8 Å². The molecule has 0 amide bonds. The molecule has 2 aliphatic rings. The van der Waals surface area contributed by atoms with Crippen LogP contribution in [0, 0.1) is 5.92 Å². The van der Waals surface area contributed by atoms with Gasteiger partial charge < -0.3 is 28.8 Å². The highest BCUT2D eigenvalue weighted by atomic mass is 16.8. The second-order valence-electron chi connectivity index (χ2n) is 11.9. The second kappa shape index (κ2) is 11.1. The maximum Gasteiger partial charge on any atom is 0.225 e. The van der Waals surface area contributed by atoms with Gasteiger partial charge in [0.2, 0.25) is 5.88 Å². The quantitative estimate of drug-likeness (QED) is 0.217. The van der Waals surface area contributed by atoms with Crippen molar-refractivity contribution in [2.24, 2.45) is 5.92 Å². The smallest absolute Gasteiger partial charge is 0.225 e. The van der Waals surface area contributed by atoms with E-state index in [4.69, 9.17) is 23.9 Å². The standard InChI is InChI=1S/C34H37N5O4/c1-34(2)42-30-24(18-28(31(30)43-34)39-16-15-26-32(39)36-20-37-33(26)41-4)10-6-21-5-9-23-11-14-29(38-27(23)17-21)35-19-22-7-12-25(40-3)13-8-22/h5,7-9,11-17,20,24,28,30-31H,6,10,18-19H2,1-4H3,(H,35,38)/t24-,28+,30+,31-/m0/s1. The minimum Gasteiger partial charge on any atom is -0.497 e. The lowest BCUT2D eigenvalue weighted by Gasteiger charge is -2.24. The molecule has 1 saturated heterocycles. The predicted molar refractivity (Wildman–Crippen MR) is 165 cm³/mol. The van der Waals surface area contributed by atoms with Crippen molar-refractivity contribution in [3.05, 3.63) is 84.3 Å². The Labute approximate surface area is 251 Å². The summed E-state index contributed by atoms with van der Waals surface area (Å²) in [5.74, 6) is 2.03. The van der Waals surface area contributed by atoms with E-state index in [1.54, 1.807) is 20.5 Å². The molecule has 43 heavy (non-hydrogen) atoms. The normalized spacial score (nSPS) is 22.6. The van der Waals surface area contributed by atoms with Crippen molar-refractivity contribution < 1.29 is 18.9 Å². The van der Waals surface area contributed by atoms with E-state index >= 15 is 0 Å². The summed E-state index contributed by atoms with van der Waals surface area (Å²) >= 11 is 0. The van der Waals surface area contributed by atoms with E-state index < -0.39 is 5.79 Å². The molecule has 2 aromatic carbocycles. The van der Waals surface area contributed by atoms with E-state index in [9.17, 15) is 0 Å². The van der Waals surface area contributed by atoms with Crippen LogP contribution in [0.4, 0.5) is 5.82 Å². The Morgan fingerprint density at radius 2 is 1.72 bits per heavy atom. The van der Waals surface area contributed by atoms with Gasteiger partial charge in [-0.25, -0.2) is 15.0 Å². The van der Waals surface area contributed by atoms with Gasteiger partial charge in [0.05, 0.1) is 37.3 Å². The van der Waals surface area contributed by atoms with Gasteiger partial charge in [0.25, 0.3) is 0 Å². The zero-order chi connectivity index (χ0) is 29.6. The molecular formula is C34H37N5O4. The summed E-state index contributed by atoms with van der Waals surface area (Å²) in [7, 11) is 3.32. The van der Waals surface area contributed by atoms with E-state index in [0.717, 1.165) is 52.8 Å². The first kappa shape index (κ1) is 27.6. The van der Waals surface area contributed by atoms with Crippen LogP contribution in [-0.4, -0.2) is 51.7 Å². The average Bonchev–Trinajstić information content (AvgIpc) is 3.69. The van der Waals surface area contributed by atoms with Crippen LogP contribution in [0.25, 0.3) is 21.9 Å². The van der Waals surface area contributed by atoms with Gasteiger partial charge in [-0.2, -0.15) is 0 Å². The maximum absolute atomic E-state index is 6.50. The van der Waals surface area contributed by atoms with Crippen molar-refractivity contribution in [1.29, 1.82) is 0 Å². The SMILES string of the molecule is COc1ccc(CNc2ccc3ccc(CC[C@H]4C[C@@H](n5ccc6c(OC)ncnc65)[C@@H]5OC(C)(C)O[C@H]45)cc3n2)cc1. The fourth-order valence-corrected chi connectivity index (χ4v) is 6.69. The van der Waals surface area contributed by atoms with Gasteiger partial charge >= 0.3 is 0 Å². The number of nitrogens with zero attached hydrogens (tertiary/aromatic N) is 4. The first-order valence-electron chi connectivity index (χ1n) is 14.9. The van der Waals surface area contributed by atoms with E-state index in [1.165, 1.54) is 11.1 Å². The molecule has 4 heterocycles. The number of anilines is 1. The highest BCUT2D eigenvalue weighted by molar-refractivity contribution is 5.82. The minimum atomic E-state index is -0.621. The molecule has 0 bridgehead atoms. The van der Waals surface area contributed by atoms with Gasteiger partial charge in [0.1, 0.15) is 29.6 Å². The topological polar surface area (TPSA) is 92.6 Å². The molecule has 9 heteroatoms. The first-order valence-corrected chi connectivity index (χ1v) is 14.9. The van der Waals surface area contributed by atoms with Crippen LogP contribution in [0.15, 0.2) is 73.2 Å². The Hall–Kier alpha value is -4.21. The summed E-state index contributed by atoms with van der Waals surface area (Å²) in [6, 6.07) is 21.0. The van der Waals surface area contributed by atoms with Gasteiger partial charge in [-0.05, 0) is 86.6 Å². The Kier molecular flexibility index (Phi) is 7.15. The van der Waals surface area contributed by atoms with Gasteiger partial charge in [-0.3, -0.25) is 0 Å². The van der Waals surface area contributed by atoms with Gasteiger partial charge in [0, 0.05) is 18.1 Å². The molecule has 9 nitrogen and oxygen atoms in total. The number of pyridine rings is 1. The Morgan fingerprint density at radius 3 is 2.53 bits per heavy atom. The number of methoxy groups -OCH3 is 2. The monoisotopic (exact) mass is 579 g/mol. The number of ether oxygens (including phenoxy) is 4. The highest BCUT2D eigenvalue weighted by Crippen LogP contribution is 2.49. The Balaban J connectivity index is 1.07. The average molecular weight is 580 g/mol. The van der Waals surface area contributed by atoms with E-state index in [0.29, 0.717) is 18.3 Å². The molecule has 0 spiro atoms. The summed E-state index contributed by atoms with van der Waals surface area (Å²) in [4.78, 5) is 13.8. The van der Waals surface area contributed by atoms with Gasteiger partial charge in [-0.15, -0.1) is 0 Å². The number of aryl methyl sites for hydroxylation is 1. The number of benzene rings is 2. The summed E-state index contributed by atoms with van der Waals surface area (Å²) in [5.41, 5.74) is 4.30. The van der Waals surface area contributed by atoms with Crippen LogP contribution >= 0.6 is 0 Å². The molecule has 5 aromatic rings. The zero-order valence-corrected chi connectivity index (χ0v) is 25.0.